The van der Waals surface area contributed by atoms with Gasteiger partial charge in [-0.2, -0.15) is 4.40 Å². The molecule has 0 radical (unpaired) electrons. The van der Waals surface area contributed by atoms with Crippen molar-refractivity contribution in [3.8, 4) is 0 Å². The Kier molecular flexibility index (Phi) is 5.28. The molecule has 0 saturated heterocycles. The Labute approximate surface area is 176 Å². The number of aromatic nitrogens is 2. The van der Waals surface area contributed by atoms with Gasteiger partial charge in [-0.15, -0.1) is 0 Å². The molecule has 2 aromatic carbocycles. The number of imidazole rings is 1. The number of nitrogens with zero attached hydrogens (tertiary/aromatic N) is 2. The molecule has 2 aromatic heterocycles. The van der Waals surface area contributed by atoms with Crippen molar-refractivity contribution in [2.24, 2.45) is 0 Å². The Morgan fingerprint density at radius 2 is 1.52 bits per heavy atom. The molecule has 4 aromatic rings. The van der Waals surface area contributed by atoms with E-state index in [-0.39, 0.29) is 11.0 Å². The molecular formula is C27H37N2+. The molecule has 2 heteroatoms. The SMILES string of the molecule is CC.CC.Cc1cc(C)c2c(c1)c1cccc3c1c1n2cc[n+]1C(C)(C)C3(C)C. The fourth-order valence-corrected chi connectivity index (χ4v) is 4.92. The van der Waals surface area contributed by atoms with E-state index in [4.69, 9.17) is 0 Å². The first-order chi connectivity index (χ1) is 13.7. The molecule has 3 heterocycles. The Hall–Kier alpha value is -2.35. The first-order valence-electron chi connectivity index (χ1n) is 11.1. The van der Waals surface area contributed by atoms with Gasteiger partial charge in [-0.05, 0) is 50.5 Å². The molecule has 0 amide bonds. The standard InChI is InChI=1S/C23H25N2.2C2H6/c1-14-12-15(2)20-17(13-14)16-8-7-9-18-19(16)21-24(20)10-11-25(21)23(5,6)22(18,3)4;2*1-2/h7-13H,1-6H3;2*1-2H3/q+1;;. The molecule has 1 aliphatic heterocycles. The second kappa shape index (κ2) is 7.16. The van der Waals surface area contributed by atoms with E-state index in [0.717, 1.165) is 0 Å². The van der Waals surface area contributed by atoms with Crippen LogP contribution in [0.5, 0.6) is 0 Å². The number of hydrogen-bond donors (Lipinski definition) is 0. The number of pyridine rings is 1. The van der Waals surface area contributed by atoms with Gasteiger partial charge in [0.25, 0.3) is 5.65 Å². The molecule has 2 nitrogen and oxygen atoms in total. The van der Waals surface area contributed by atoms with Crippen LogP contribution in [0.3, 0.4) is 0 Å². The highest BCUT2D eigenvalue weighted by molar-refractivity contribution is 6.13. The number of aryl methyl sites for hydroxylation is 2. The zero-order valence-corrected chi connectivity index (χ0v) is 19.9. The third-order valence-corrected chi connectivity index (χ3v) is 6.89. The summed E-state index contributed by atoms with van der Waals surface area (Å²) in [7, 11) is 0. The van der Waals surface area contributed by atoms with E-state index < -0.39 is 0 Å². The maximum atomic E-state index is 2.49. The lowest BCUT2D eigenvalue weighted by molar-refractivity contribution is -0.745. The van der Waals surface area contributed by atoms with Crippen LogP contribution in [0.4, 0.5) is 0 Å². The van der Waals surface area contributed by atoms with Crippen LogP contribution in [-0.4, -0.2) is 4.40 Å². The van der Waals surface area contributed by atoms with Gasteiger partial charge in [-0.25, -0.2) is 4.57 Å². The first-order valence-corrected chi connectivity index (χ1v) is 11.1. The highest BCUT2D eigenvalue weighted by Gasteiger charge is 2.49. The summed E-state index contributed by atoms with van der Waals surface area (Å²) in [6, 6.07) is 11.5. The summed E-state index contributed by atoms with van der Waals surface area (Å²) in [5.74, 6) is 0. The molecule has 0 fully saturated rings. The molecule has 154 valence electrons. The summed E-state index contributed by atoms with van der Waals surface area (Å²) in [4.78, 5) is 0. The van der Waals surface area contributed by atoms with Gasteiger partial charge in [0, 0.05) is 16.2 Å². The van der Waals surface area contributed by atoms with E-state index in [9.17, 15) is 0 Å². The van der Waals surface area contributed by atoms with E-state index in [1.165, 1.54) is 44.0 Å². The van der Waals surface area contributed by atoms with Gasteiger partial charge in [-0.3, -0.25) is 0 Å². The molecule has 0 bridgehead atoms. The zero-order valence-electron chi connectivity index (χ0n) is 19.9. The second-order valence-electron chi connectivity index (χ2n) is 8.75. The number of fused-ring (bicyclic) bond motifs is 3. The summed E-state index contributed by atoms with van der Waals surface area (Å²) in [5, 5.41) is 4.15. The van der Waals surface area contributed by atoms with E-state index >= 15 is 0 Å². The minimum absolute atomic E-state index is 0.00924. The average Bonchev–Trinajstić information content (AvgIpc) is 3.15. The fraction of sp³-hybridized carbons (Fsp3) is 0.444. The van der Waals surface area contributed by atoms with Crippen molar-refractivity contribution in [1.29, 1.82) is 0 Å². The van der Waals surface area contributed by atoms with Crippen LogP contribution in [0.2, 0.25) is 0 Å². The molecule has 0 aliphatic carbocycles. The third-order valence-electron chi connectivity index (χ3n) is 6.89. The van der Waals surface area contributed by atoms with Crippen molar-refractivity contribution in [2.45, 2.75) is 80.2 Å². The fourth-order valence-electron chi connectivity index (χ4n) is 4.92. The minimum atomic E-state index is 0.00924. The van der Waals surface area contributed by atoms with Gasteiger partial charge in [0.2, 0.25) is 0 Å². The lowest BCUT2D eigenvalue weighted by atomic mass is 9.66. The molecule has 29 heavy (non-hydrogen) atoms. The van der Waals surface area contributed by atoms with Crippen LogP contribution >= 0.6 is 0 Å². The topological polar surface area (TPSA) is 8.29 Å². The lowest BCUT2D eigenvalue weighted by Crippen LogP contribution is -2.63. The van der Waals surface area contributed by atoms with Crippen LogP contribution in [0.25, 0.3) is 27.3 Å². The Morgan fingerprint density at radius 1 is 0.862 bits per heavy atom. The number of benzene rings is 2. The monoisotopic (exact) mass is 389 g/mol. The van der Waals surface area contributed by atoms with E-state index in [1.807, 2.05) is 27.7 Å². The Bertz CT molecular complexity index is 1210. The molecule has 0 saturated carbocycles. The van der Waals surface area contributed by atoms with Crippen molar-refractivity contribution in [3.63, 3.8) is 0 Å². The molecule has 1 aliphatic rings. The normalized spacial score (nSPS) is 15.8. The van der Waals surface area contributed by atoms with Gasteiger partial charge in [0.1, 0.15) is 23.4 Å². The lowest BCUT2D eigenvalue weighted by Gasteiger charge is -2.42. The summed E-state index contributed by atoms with van der Waals surface area (Å²) >= 11 is 0. The van der Waals surface area contributed by atoms with Gasteiger partial charge < -0.3 is 0 Å². The third kappa shape index (κ3) is 2.64. The molecule has 0 atom stereocenters. The largest absolute Gasteiger partial charge is 0.295 e. The van der Waals surface area contributed by atoms with Crippen molar-refractivity contribution in [1.82, 2.24) is 4.40 Å². The molecule has 5 rings (SSSR count). The summed E-state index contributed by atoms with van der Waals surface area (Å²) < 4.78 is 4.90. The highest BCUT2D eigenvalue weighted by Crippen LogP contribution is 2.46. The van der Waals surface area contributed by atoms with Crippen LogP contribution < -0.4 is 4.57 Å². The quantitative estimate of drug-likeness (QED) is 0.221. The number of hydrogen-bond acceptors (Lipinski definition) is 0. The summed E-state index contributed by atoms with van der Waals surface area (Å²) in [6.45, 7) is 21.9. The molecule has 0 spiro atoms. The maximum Gasteiger partial charge on any atom is 0.295 e. The van der Waals surface area contributed by atoms with Gasteiger partial charge >= 0.3 is 0 Å². The first kappa shape index (κ1) is 21.4. The van der Waals surface area contributed by atoms with Crippen molar-refractivity contribution < 1.29 is 4.57 Å². The molecular weight excluding hydrogens is 352 g/mol. The van der Waals surface area contributed by atoms with Gasteiger partial charge in [0.15, 0.2) is 0 Å². The number of rotatable bonds is 0. The van der Waals surface area contributed by atoms with Crippen LogP contribution in [0.1, 0.15) is 72.1 Å². The maximum absolute atomic E-state index is 2.49. The van der Waals surface area contributed by atoms with E-state index in [1.54, 1.807) is 0 Å². The molecule has 0 unspecified atom stereocenters. The minimum Gasteiger partial charge on any atom is -0.224 e. The summed E-state index contributed by atoms with van der Waals surface area (Å²) in [5.41, 5.74) is 6.85. The predicted molar refractivity (Wildman–Crippen MR) is 127 cm³/mol. The van der Waals surface area contributed by atoms with Crippen LogP contribution in [-0.2, 0) is 11.0 Å². The molecule has 0 N–H and O–H groups in total. The van der Waals surface area contributed by atoms with Gasteiger partial charge in [0.05, 0.1) is 5.39 Å². The van der Waals surface area contributed by atoms with E-state index in [2.05, 4.69) is 93.2 Å². The zero-order chi connectivity index (χ0) is 21.7. The second-order valence-corrected chi connectivity index (χ2v) is 8.75. The van der Waals surface area contributed by atoms with E-state index in [0.29, 0.717) is 0 Å². The van der Waals surface area contributed by atoms with Crippen molar-refractivity contribution in [2.75, 3.05) is 0 Å². The van der Waals surface area contributed by atoms with Crippen LogP contribution in [0.15, 0.2) is 42.7 Å². The van der Waals surface area contributed by atoms with Crippen molar-refractivity contribution >= 4 is 27.3 Å². The predicted octanol–water partition coefficient (Wildman–Crippen LogP) is 7.23. The highest BCUT2D eigenvalue weighted by atomic mass is 15.2. The van der Waals surface area contributed by atoms with Crippen molar-refractivity contribution in [3.05, 3.63) is 59.4 Å². The Morgan fingerprint density at radius 3 is 2.17 bits per heavy atom. The average molecular weight is 390 g/mol. The van der Waals surface area contributed by atoms with Gasteiger partial charge in [-0.1, -0.05) is 65.8 Å². The smallest absolute Gasteiger partial charge is 0.224 e. The summed E-state index contributed by atoms with van der Waals surface area (Å²) in [6.07, 6.45) is 4.52. The Balaban J connectivity index is 0.000000568. The van der Waals surface area contributed by atoms with Crippen LogP contribution in [0, 0.1) is 13.8 Å².